The van der Waals surface area contributed by atoms with E-state index in [4.69, 9.17) is 0 Å². The number of nitrogens with zero attached hydrogens (tertiary/aromatic N) is 1. The maximum absolute atomic E-state index is 13.0. The van der Waals surface area contributed by atoms with Gasteiger partial charge < -0.3 is 10.4 Å². The highest BCUT2D eigenvalue weighted by molar-refractivity contribution is 6.08. The average molecular weight is 476 g/mol. The Hall–Kier alpha value is -3.97. The first-order valence-electron chi connectivity index (χ1n) is 11.1. The second-order valence-electron chi connectivity index (χ2n) is 8.07. The molecule has 0 saturated heterocycles. The lowest BCUT2D eigenvalue weighted by atomic mass is 9.98. The lowest BCUT2D eigenvalue weighted by molar-refractivity contribution is -0.137. The number of pyridine rings is 1. The molecule has 1 heterocycles. The van der Waals surface area contributed by atoms with Gasteiger partial charge in [-0.05, 0) is 72.0 Å². The van der Waals surface area contributed by atoms with E-state index in [9.17, 15) is 23.1 Å². The van der Waals surface area contributed by atoms with Gasteiger partial charge in [-0.2, -0.15) is 13.2 Å². The van der Waals surface area contributed by atoms with Gasteiger partial charge in [-0.25, -0.2) is 0 Å². The number of aryl methyl sites for hydroxylation is 1. The molecular weight excluding hydrogens is 453 g/mol. The van der Waals surface area contributed by atoms with Crippen LogP contribution in [0.5, 0.6) is 0 Å². The van der Waals surface area contributed by atoms with E-state index in [-0.39, 0.29) is 5.91 Å². The zero-order valence-corrected chi connectivity index (χ0v) is 18.7. The summed E-state index contributed by atoms with van der Waals surface area (Å²) in [6, 6.07) is 24.0. The Balaban J connectivity index is 1.44. The minimum atomic E-state index is -4.42. The molecule has 7 heteroatoms. The molecule has 0 bridgehead atoms. The first-order valence-corrected chi connectivity index (χ1v) is 11.1. The molecule has 4 nitrogen and oxygen atoms in total. The topological polar surface area (TPSA) is 62.2 Å². The third-order valence-electron chi connectivity index (χ3n) is 5.65. The molecule has 0 radical (unpaired) electrons. The van der Waals surface area contributed by atoms with Crippen LogP contribution in [0.15, 0.2) is 97.2 Å². The zero-order chi connectivity index (χ0) is 24.8. The standard InChI is InChI=1S/C28H23F3N2O2/c29-28(30,31)21-12-8-19(9-13-21)24-6-1-2-7-25(24)27(35)33-23-14-10-20(11-15-23)26(34)17-16-22-5-3-4-18-32-22/h1-15,18,26,34H,16-17H2,(H,33,35). The van der Waals surface area contributed by atoms with E-state index in [2.05, 4.69) is 10.3 Å². The van der Waals surface area contributed by atoms with Gasteiger partial charge in [-0.15, -0.1) is 0 Å². The Kier molecular flexibility index (Phi) is 7.27. The van der Waals surface area contributed by atoms with Crippen molar-refractivity contribution in [1.29, 1.82) is 0 Å². The normalized spacial score (nSPS) is 12.2. The highest BCUT2D eigenvalue weighted by Gasteiger charge is 2.30. The van der Waals surface area contributed by atoms with Crippen molar-refractivity contribution in [3.05, 3.63) is 120 Å². The van der Waals surface area contributed by atoms with Gasteiger partial charge in [0.15, 0.2) is 0 Å². The molecule has 1 amide bonds. The highest BCUT2D eigenvalue weighted by Crippen LogP contribution is 2.32. The van der Waals surface area contributed by atoms with Gasteiger partial charge in [0.25, 0.3) is 5.91 Å². The predicted octanol–water partition coefficient (Wildman–Crippen LogP) is 6.69. The molecule has 1 atom stereocenters. The highest BCUT2D eigenvalue weighted by atomic mass is 19.4. The molecule has 1 aromatic heterocycles. The van der Waals surface area contributed by atoms with Crippen LogP contribution in [0.3, 0.4) is 0 Å². The van der Waals surface area contributed by atoms with Crippen LogP contribution in [0.2, 0.25) is 0 Å². The number of carbonyl (C=O) groups is 1. The predicted molar refractivity (Wildman–Crippen MR) is 129 cm³/mol. The molecule has 4 aromatic rings. The number of aliphatic hydroxyl groups is 1. The molecule has 35 heavy (non-hydrogen) atoms. The second-order valence-corrected chi connectivity index (χ2v) is 8.07. The van der Waals surface area contributed by atoms with Crippen LogP contribution in [0.25, 0.3) is 11.1 Å². The third-order valence-corrected chi connectivity index (χ3v) is 5.65. The number of alkyl halides is 3. The Labute approximate surface area is 201 Å². The van der Waals surface area contributed by atoms with Crippen LogP contribution >= 0.6 is 0 Å². The number of halogens is 3. The number of nitrogens with one attached hydrogen (secondary N) is 1. The van der Waals surface area contributed by atoms with E-state index >= 15 is 0 Å². The number of aromatic nitrogens is 1. The van der Waals surface area contributed by atoms with Crippen LogP contribution in [0, 0.1) is 0 Å². The van der Waals surface area contributed by atoms with Crippen molar-refractivity contribution in [3.63, 3.8) is 0 Å². The van der Waals surface area contributed by atoms with Gasteiger partial charge in [0.2, 0.25) is 0 Å². The van der Waals surface area contributed by atoms with E-state index in [0.29, 0.717) is 35.2 Å². The van der Waals surface area contributed by atoms with Gasteiger partial charge in [0, 0.05) is 23.1 Å². The fraction of sp³-hybridized carbons (Fsp3) is 0.143. The van der Waals surface area contributed by atoms with Crippen LogP contribution in [0.4, 0.5) is 18.9 Å². The van der Waals surface area contributed by atoms with Crippen LogP contribution in [-0.4, -0.2) is 16.0 Å². The Bertz CT molecular complexity index is 1270. The fourth-order valence-electron chi connectivity index (χ4n) is 3.76. The molecule has 178 valence electrons. The van der Waals surface area contributed by atoms with E-state index in [1.54, 1.807) is 54.7 Å². The largest absolute Gasteiger partial charge is 0.416 e. The summed E-state index contributed by atoms with van der Waals surface area (Å²) in [7, 11) is 0. The summed E-state index contributed by atoms with van der Waals surface area (Å²) in [5.41, 5.74) is 2.80. The summed E-state index contributed by atoms with van der Waals surface area (Å²) in [5.74, 6) is -0.385. The quantitative estimate of drug-likeness (QED) is 0.313. The lowest BCUT2D eigenvalue weighted by Crippen LogP contribution is -2.13. The number of carbonyl (C=O) groups excluding carboxylic acids is 1. The van der Waals surface area contributed by atoms with Gasteiger partial charge in [-0.1, -0.05) is 48.5 Å². The number of benzene rings is 3. The average Bonchev–Trinajstić information content (AvgIpc) is 2.88. The van der Waals surface area contributed by atoms with Gasteiger partial charge in [0.1, 0.15) is 0 Å². The van der Waals surface area contributed by atoms with Crippen molar-refractivity contribution >= 4 is 11.6 Å². The molecule has 0 aliphatic heterocycles. The fourth-order valence-corrected chi connectivity index (χ4v) is 3.76. The Morgan fingerprint density at radius 3 is 2.23 bits per heavy atom. The molecule has 4 rings (SSSR count). The molecule has 0 aliphatic carbocycles. The monoisotopic (exact) mass is 476 g/mol. The molecule has 3 aromatic carbocycles. The van der Waals surface area contributed by atoms with E-state index in [1.807, 2.05) is 18.2 Å². The minimum absolute atomic E-state index is 0.340. The SMILES string of the molecule is O=C(Nc1ccc(C(O)CCc2ccccn2)cc1)c1ccccc1-c1ccc(C(F)(F)F)cc1. The van der Waals surface area contributed by atoms with E-state index in [1.165, 1.54) is 12.1 Å². The maximum atomic E-state index is 13.0. The van der Waals surface area contributed by atoms with Gasteiger partial charge in [-0.3, -0.25) is 9.78 Å². The first-order chi connectivity index (χ1) is 16.8. The summed E-state index contributed by atoms with van der Waals surface area (Å²) >= 11 is 0. The summed E-state index contributed by atoms with van der Waals surface area (Å²) in [4.78, 5) is 17.2. The number of amides is 1. The molecular formula is C28H23F3N2O2. The molecule has 1 unspecified atom stereocenters. The molecule has 2 N–H and O–H groups in total. The van der Waals surface area contributed by atoms with Crippen LogP contribution in [-0.2, 0) is 12.6 Å². The van der Waals surface area contributed by atoms with Gasteiger partial charge >= 0.3 is 6.18 Å². The lowest BCUT2D eigenvalue weighted by Gasteiger charge is -2.13. The first kappa shape index (κ1) is 24.2. The minimum Gasteiger partial charge on any atom is -0.388 e. The van der Waals surface area contributed by atoms with Crippen LogP contribution < -0.4 is 5.32 Å². The molecule has 0 aliphatic rings. The van der Waals surface area contributed by atoms with Crippen molar-refractivity contribution < 1.29 is 23.1 Å². The summed E-state index contributed by atoms with van der Waals surface area (Å²) in [6.45, 7) is 0. The van der Waals surface area contributed by atoms with Crippen molar-refractivity contribution in [1.82, 2.24) is 4.98 Å². The summed E-state index contributed by atoms with van der Waals surface area (Å²) in [6.07, 6.45) is -2.21. The van der Waals surface area contributed by atoms with Crippen molar-refractivity contribution in [2.45, 2.75) is 25.1 Å². The Morgan fingerprint density at radius 2 is 1.57 bits per heavy atom. The smallest absolute Gasteiger partial charge is 0.388 e. The number of rotatable bonds is 7. The molecule has 0 fully saturated rings. The summed E-state index contributed by atoms with van der Waals surface area (Å²) < 4.78 is 38.7. The number of hydrogen-bond donors (Lipinski definition) is 2. The van der Waals surface area contributed by atoms with Crippen molar-refractivity contribution in [2.75, 3.05) is 5.32 Å². The number of hydrogen-bond acceptors (Lipinski definition) is 3. The molecule has 0 saturated carbocycles. The van der Waals surface area contributed by atoms with E-state index in [0.717, 1.165) is 23.4 Å². The summed E-state index contributed by atoms with van der Waals surface area (Å²) in [5, 5.41) is 13.3. The van der Waals surface area contributed by atoms with E-state index < -0.39 is 17.8 Å². The van der Waals surface area contributed by atoms with Crippen molar-refractivity contribution in [2.24, 2.45) is 0 Å². The van der Waals surface area contributed by atoms with Crippen LogP contribution in [0.1, 0.15) is 39.7 Å². The zero-order valence-electron chi connectivity index (χ0n) is 18.7. The maximum Gasteiger partial charge on any atom is 0.416 e. The third kappa shape index (κ3) is 6.13. The number of anilines is 1. The second kappa shape index (κ2) is 10.5. The molecule has 0 spiro atoms. The Morgan fingerprint density at radius 1 is 0.886 bits per heavy atom. The number of aliphatic hydroxyl groups excluding tert-OH is 1. The van der Waals surface area contributed by atoms with Gasteiger partial charge in [0.05, 0.1) is 11.7 Å². The van der Waals surface area contributed by atoms with Crippen molar-refractivity contribution in [3.8, 4) is 11.1 Å².